The topological polar surface area (TPSA) is 0 Å². The number of hydrogen-bond acceptors (Lipinski definition) is 0. The van der Waals surface area contributed by atoms with Crippen LogP contribution in [0.2, 0.25) is 0 Å². The summed E-state index contributed by atoms with van der Waals surface area (Å²) in [5, 5.41) is 0. The lowest BCUT2D eigenvalue weighted by atomic mass is 9.75. The molecule has 2 atom stereocenters. The summed E-state index contributed by atoms with van der Waals surface area (Å²) in [7, 11) is 0. The molecular formula is C10H18. The zero-order valence-corrected chi connectivity index (χ0v) is 7.41. The highest BCUT2D eigenvalue weighted by Crippen LogP contribution is 2.73. The molecule has 0 bridgehead atoms. The standard InChI is InChI=1S/C10H18/c1-4-10-7-8(10)5-6-9(10,2)3/h8H,4-7H2,1-3H3. The van der Waals surface area contributed by atoms with Crippen molar-refractivity contribution in [3.8, 4) is 0 Å². The lowest BCUT2D eigenvalue weighted by Crippen LogP contribution is -2.21. The van der Waals surface area contributed by atoms with Gasteiger partial charge in [-0.3, -0.25) is 0 Å². The van der Waals surface area contributed by atoms with Gasteiger partial charge >= 0.3 is 0 Å². The predicted octanol–water partition coefficient (Wildman–Crippen LogP) is 3.22. The van der Waals surface area contributed by atoms with Gasteiger partial charge in [-0.2, -0.15) is 0 Å². The summed E-state index contributed by atoms with van der Waals surface area (Å²) in [5.74, 6) is 1.12. The van der Waals surface area contributed by atoms with Crippen LogP contribution in [0.1, 0.15) is 46.5 Å². The Bertz CT molecular complexity index is 153. The molecule has 0 heteroatoms. The summed E-state index contributed by atoms with van der Waals surface area (Å²) in [6.07, 6.45) is 5.95. The van der Waals surface area contributed by atoms with Crippen LogP contribution >= 0.6 is 0 Å². The van der Waals surface area contributed by atoms with Crippen LogP contribution < -0.4 is 0 Å². The lowest BCUT2D eigenvalue weighted by Gasteiger charge is -2.30. The summed E-state index contributed by atoms with van der Waals surface area (Å²) in [5.41, 5.74) is 1.47. The third kappa shape index (κ3) is 0.538. The van der Waals surface area contributed by atoms with Gasteiger partial charge in [0.25, 0.3) is 0 Å². The molecule has 58 valence electrons. The van der Waals surface area contributed by atoms with Crippen molar-refractivity contribution in [2.45, 2.75) is 46.5 Å². The van der Waals surface area contributed by atoms with Gasteiger partial charge in [0.1, 0.15) is 0 Å². The summed E-state index contributed by atoms with van der Waals surface area (Å²) < 4.78 is 0. The second kappa shape index (κ2) is 1.60. The van der Waals surface area contributed by atoms with Gasteiger partial charge in [-0.1, -0.05) is 20.8 Å². The first-order valence-corrected chi connectivity index (χ1v) is 4.62. The minimum absolute atomic E-state index is 0.673. The fourth-order valence-corrected chi connectivity index (χ4v) is 3.28. The van der Waals surface area contributed by atoms with Gasteiger partial charge in [0.2, 0.25) is 0 Å². The third-order valence-electron chi connectivity index (χ3n) is 4.33. The summed E-state index contributed by atoms with van der Waals surface area (Å²) in [6.45, 7) is 7.29. The Labute approximate surface area is 64.0 Å². The molecule has 2 rings (SSSR count). The Kier molecular flexibility index (Phi) is 1.07. The first-order chi connectivity index (χ1) is 4.62. The van der Waals surface area contributed by atoms with Crippen LogP contribution in [-0.4, -0.2) is 0 Å². The number of rotatable bonds is 1. The highest BCUT2D eigenvalue weighted by atomic mass is 14.7. The first kappa shape index (κ1) is 6.69. The zero-order valence-electron chi connectivity index (χ0n) is 7.41. The Morgan fingerprint density at radius 1 is 1.40 bits per heavy atom. The maximum atomic E-state index is 2.46. The molecule has 0 saturated heterocycles. The molecule has 0 nitrogen and oxygen atoms in total. The van der Waals surface area contributed by atoms with E-state index in [1.54, 1.807) is 0 Å². The quantitative estimate of drug-likeness (QED) is 0.522. The molecule has 2 aliphatic carbocycles. The van der Waals surface area contributed by atoms with Crippen molar-refractivity contribution in [1.29, 1.82) is 0 Å². The molecular weight excluding hydrogens is 120 g/mol. The molecule has 0 radical (unpaired) electrons. The Morgan fingerprint density at radius 2 is 2.10 bits per heavy atom. The molecule has 2 aliphatic rings. The lowest BCUT2D eigenvalue weighted by molar-refractivity contribution is 0.199. The van der Waals surface area contributed by atoms with Crippen molar-refractivity contribution in [3.63, 3.8) is 0 Å². The van der Waals surface area contributed by atoms with Crippen LogP contribution in [0.15, 0.2) is 0 Å². The third-order valence-corrected chi connectivity index (χ3v) is 4.33. The van der Waals surface area contributed by atoms with E-state index in [1.807, 2.05) is 0 Å². The van der Waals surface area contributed by atoms with E-state index < -0.39 is 0 Å². The maximum absolute atomic E-state index is 2.46. The van der Waals surface area contributed by atoms with E-state index in [0.717, 1.165) is 11.3 Å². The largest absolute Gasteiger partial charge is 0.0648 e. The maximum Gasteiger partial charge on any atom is -0.0217 e. The fraction of sp³-hybridized carbons (Fsp3) is 1.00. The molecule has 0 spiro atoms. The fourth-order valence-electron chi connectivity index (χ4n) is 3.28. The number of hydrogen-bond donors (Lipinski definition) is 0. The average molecular weight is 138 g/mol. The summed E-state index contributed by atoms with van der Waals surface area (Å²) in [6, 6.07) is 0. The van der Waals surface area contributed by atoms with Gasteiger partial charge in [-0.05, 0) is 42.4 Å². The van der Waals surface area contributed by atoms with E-state index in [4.69, 9.17) is 0 Å². The van der Waals surface area contributed by atoms with Gasteiger partial charge in [0.15, 0.2) is 0 Å². The molecule has 2 fully saturated rings. The molecule has 0 aliphatic heterocycles. The SMILES string of the molecule is CCC12CC1CCC2(C)C. The van der Waals surface area contributed by atoms with Crippen molar-refractivity contribution in [2.24, 2.45) is 16.7 Å². The zero-order chi connectivity index (χ0) is 7.41. The molecule has 0 aromatic heterocycles. The molecule has 0 aromatic rings. The normalized spacial score (nSPS) is 48.9. The van der Waals surface area contributed by atoms with E-state index >= 15 is 0 Å². The second-order valence-electron chi connectivity index (χ2n) is 4.83. The molecule has 0 aromatic carbocycles. The Hall–Kier alpha value is 0. The van der Waals surface area contributed by atoms with Gasteiger partial charge in [0.05, 0.1) is 0 Å². The minimum Gasteiger partial charge on any atom is -0.0648 e. The van der Waals surface area contributed by atoms with Crippen LogP contribution in [0.25, 0.3) is 0 Å². The van der Waals surface area contributed by atoms with Crippen molar-refractivity contribution in [2.75, 3.05) is 0 Å². The van der Waals surface area contributed by atoms with E-state index in [0.29, 0.717) is 5.41 Å². The van der Waals surface area contributed by atoms with Gasteiger partial charge in [0, 0.05) is 0 Å². The molecule has 2 saturated carbocycles. The van der Waals surface area contributed by atoms with Crippen LogP contribution in [0.4, 0.5) is 0 Å². The van der Waals surface area contributed by atoms with E-state index in [2.05, 4.69) is 20.8 Å². The van der Waals surface area contributed by atoms with Gasteiger partial charge in [-0.15, -0.1) is 0 Å². The van der Waals surface area contributed by atoms with Crippen molar-refractivity contribution >= 4 is 0 Å². The molecule has 0 heterocycles. The van der Waals surface area contributed by atoms with E-state index in [-0.39, 0.29) is 0 Å². The Morgan fingerprint density at radius 3 is 2.30 bits per heavy atom. The summed E-state index contributed by atoms with van der Waals surface area (Å²) in [4.78, 5) is 0. The van der Waals surface area contributed by atoms with Crippen LogP contribution in [0, 0.1) is 16.7 Å². The first-order valence-electron chi connectivity index (χ1n) is 4.62. The average Bonchev–Trinajstić information content (AvgIpc) is 2.54. The minimum atomic E-state index is 0.673. The molecule has 0 amide bonds. The molecule has 10 heavy (non-hydrogen) atoms. The van der Waals surface area contributed by atoms with E-state index in [1.165, 1.54) is 25.7 Å². The highest BCUT2D eigenvalue weighted by molar-refractivity contribution is 5.14. The second-order valence-corrected chi connectivity index (χ2v) is 4.83. The van der Waals surface area contributed by atoms with Crippen LogP contribution in [-0.2, 0) is 0 Å². The van der Waals surface area contributed by atoms with Crippen LogP contribution in [0.5, 0.6) is 0 Å². The van der Waals surface area contributed by atoms with Crippen molar-refractivity contribution in [3.05, 3.63) is 0 Å². The smallest absolute Gasteiger partial charge is 0.0217 e. The van der Waals surface area contributed by atoms with Gasteiger partial charge in [-0.25, -0.2) is 0 Å². The summed E-state index contributed by atoms with van der Waals surface area (Å²) >= 11 is 0. The predicted molar refractivity (Wildman–Crippen MR) is 43.8 cm³/mol. The number of fused-ring (bicyclic) bond motifs is 1. The van der Waals surface area contributed by atoms with Gasteiger partial charge < -0.3 is 0 Å². The molecule has 2 unspecified atom stereocenters. The molecule has 0 N–H and O–H groups in total. The van der Waals surface area contributed by atoms with E-state index in [9.17, 15) is 0 Å². The monoisotopic (exact) mass is 138 g/mol. The van der Waals surface area contributed by atoms with Crippen LogP contribution in [0.3, 0.4) is 0 Å². The van der Waals surface area contributed by atoms with Crippen molar-refractivity contribution < 1.29 is 0 Å². The van der Waals surface area contributed by atoms with Crippen molar-refractivity contribution in [1.82, 2.24) is 0 Å². The highest BCUT2D eigenvalue weighted by Gasteiger charge is 2.64. The Balaban J connectivity index is 2.24.